The lowest BCUT2D eigenvalue weighted by atomic mass is 10.1. The van der Waals surface area contributed by atoms with Gasteiger partial charge in [0.15, 0.2) is 0 Å². The molecule has 2 N–H and O–H groups in total. The zero-order chi connectivity index (χ0) is 19.6. The van der Waals surface area contributed by atoms with Crippen molar-refractivity contribution < 1.29 is 14.0 Å². The fourth-order valence-corrected chi connectivity index (χ4v) is 3.01. The average molecular weight is 367 g/mol. The number of amides is 2. The molecule has 0 unspecified atom stereocenters. The predicted octanol–water partition coefficient (Wildman–Crippen LogP) is 3.56. The van der Waals surface area contributed by atoms with E-state index in [1.165, 1.54) is 17.0 Å². The predicted molar refractivity (Wildman–Crippen MR) is 104 cm³/mol. The van der Waals surface area contributed by atoms with Gasteiger partial charge in [-0.15, -0.1) is 0 Å². The van der Waals surface area contributed by atoms with Gasteiger partial charge in [-0.25, -0.2) is 4.39 Å². The van der Waals surface area contributed by atoms with Crippen molar-refractivity contribution in [2.24, 2.45) is 0 Å². The molecule has 2 amide bonds. The lowest BCUT2D eigenvalue weighted by Crippen LogP contribution is -2.35. The molecular formula is C21H22FN3O2. The van der Waals surface area contributed by atoms with E-state index in [0.717, 1.165) is 22.3 Å². The molecule has 0 aliphatic rings. The molecule has 27 heavy (non-hydrogen) atoms. The number of hydrogen-bond acceptors (Lipinski definition) is 2. The second kappa shape index (κ2) is 7.61. The van der Waals surface area contributed by atoms with Crippen LogP contribution in [-0.2, 0) is 16.0 Å². The van der Waals surface area contributed by atoms with Crippen LogP contribution in [0.1, 0.15) is 16.8 Å². The number of rotatable bonds is 5. The molecule has 2 aromatic carbocycles. The number of halogens is 1. The van der Waals surface area contributed by atoms with Crippen LogP contribution >= 0.6 is 0 Å². The molecule has 0 spiro atoms. The van der Waals surface area contributed by atoms with Crippen LogP contribution in [0.5, 0.6) is 0 Å². The third kappa shape index (κ3) is 4.34. The molecular weight excluding hydrogens is 345 g/mol. The standard InChI is InChI=1S/C21H22FN3O2/c1-13-4-7-16(8-5-13)24-20(26)12-25(3)21(27)11-17-14(2)23-19-9-6-15(22)10-18(17)19/h4-10,23H,11-12H2,1-3H3,(H,24,26). The maximum Gasteiger partial charge on any atom is 0.243 e. The van der Waals surface area contributed by atoms with E-state index in [9.17, 15) is 14.0 Å². The van der Waals surface area contributed by atoms with Crippen molar-refractivity contribution in [2.75, 3.05) is 18.9 Å². The Balaban J connectivity index is 1.65. The topological polar surface area (TPSA) is 65.2 Å². The number of likely N-dealkylation sites (N-methyl/N-ethyl adjacent to an activating group) is 1. The quantitative estimate of drug-likeness (QED) is 0.724. The number of aryl methyl sites for hydroxylation is 2. The number of anilines is 1. The number of hydrogen-bond donors (Lipinski definition) is 2. The van der Waals surface area contributed by atoms with E-state index in [1.807, 2.05) is 38.1 Å². The molecule has 5 nitrogen and oxygen atoms in total. The van der Waals surface area contributed by atoms with Crippen LogP contribution in [0.25, 0.3) is 10.9 Å². The number of aromatic amines is 1. The van der Waals surface area contributed by atoms with Crippen LogP contribution in [0.3, 0.4) is 0 Å². The third-order valence-corrected chi connectivity index (χ3v) is 4.55. The Hall–Kier alpha value is -3.15. The van der Waals surface area contributed by atoms with Crippen LogP contribution in [0.15, 0.2) is 42.5 Å². The molecule has 0 atom stereocenters. The van der Waals surface area contributed by atoms with E-state index in [2.05, 4.69) is 10.3 Å². The van der Waals surface area contributed by atoms with Gasteiger partial charge in [0.25, 0.3) is 0 Å². The highest BCUT2D eigenvalue weighted by Gasteiger charge is 2.18. The van der Waals surface area contributed by atoms with E-state index < -0.39 is 0 Å². The van der Waals surface area contributed by atoms with Crippen LogP contribution in [0.4, 0.5) is 10.1 Å². The molecule has 3 aromatic rings. The summed E-state index contributed by atoms with van der Waals surface area (Å²) < 4.78 is 13.6. The first kappa shape index (κ1) is 18.6. The Bertz CT molecular complexity index is 993. The third-order valence-electron chi connectivity index (χ3n) is 4.55. The molecule has 0 aliphatic heterocycles. The lowest BCUT2D eigenvalue weighted by Gasteiger charge is -2.17. The molecule has 0 bridgehead atoms. The summed E-state index contributed by atoms with van der Waals surface area (Å²) in [5.74, 6) is -0.820. The monoisotopic (exact) mass is 367 g/mol. The fourth-order valence-electron chi connectivity index (χ4n) is 3.01. The largest absolute Gasteiger partial charge is 0.358 e. The fraction of sp³-hybridized carbons (Fsp3) is 0.238. The van der Waals surface area contributed by atoms with Gasteiger partial charge >= 0.3 is 0 Å². The number of aromatic nitrogens is 1. The van der Waals surface area contributed by atoms with E-state index in [4.69, 9.17) is 0 Å². The number of carbonyl (C=O) groups excluding carboxylic acids is 2. The molecule has 0 saturated heterocycles. The maximum atomic E-state index is 13.6. The van der Waals surface area contributed by atoms with Gasteiger partial charge in [-0.2, -0.15) is 0 Å². The van der Waals surface area contributed by atoms with Gasteiger partial charge in [0.05, 0.1) is 13.0 Å². The second-order valence-corrected chi connectivity index (χ2v) is 6.76. The summed E-state index contributed by atoms with van der Waals surface area (Å²) in [5, 5.41) is 3.47. The molecule has 140 valence electrons. The Morgan fingerprint density at radius 1 is 1.11 bits per heavy atom. The minimum atomic E-state index is -0.346. The minimum Gasteiger partial charge on any atom is -0.358 e. The summed E-state index contributed by atoms with van der Waals surface area (Å²) in [5.41, 5.74) is 4.15. The Kier molecular flexibility index (Phi) is 5.26. The minimum absolute atomic E-state index is 0.0531. The number of H-pyrrole nitrogens is 1. The molecule has 3 rings (SSSR count). The first-order valence-corrected chi connectivity index (χ1v) is 8.70. The smallest absolute Gasteiger partial charge is 0.243 e. The van der Waals surface area contributed by atoms with Crippen molar-refractivity contribution >= 4 is 28.4 Å². The number of benzene rings is 2. The maximum absolute atomic E-state index is 13.6. The van der Waals surface area contributed by atoms with Crippen LogP contribution in [0, 0.1) is 19.7 Å². The van der Waals surface area contributed by atoms with Crippen molar-refractivity contribution in [2.45, 2.75) is 20.3 Å². The van der Waals surface area contributed by atoms with Crippen molar-refractivity contribution in [3.8, 4) is 0 Å². The SMILES string of the molecule is Cc1ccc(NC(=O)CN(C)C(=O)Cc2c(C)[nH]c3ccc(F)cc23)cc1. The highest BCUT2D eigenvalue weighted by atomic mass is 19.1. The van der Waals surface area contributed by atoms with Gasteiger partial charge in [0.1, 0.15) is 5.82 Å². The first-order chi connectivity index (χ1) is 12.8. The molecule has 1 aromatic heterocycles. The highest BCUT2D eigenvalue weighted by Crippen LogP contribution is 2.24. The summed E-state index contributed by atoms with van der Waals surface area (Å²) >= 11 is 0. The van der Waals surface area contributed by atoms with E-state index in [1.54, 1.807) is 13.1 Å². The molecule has 0 fully saturated rings. The van der Waals surface area contributed by atoms with Gasteiger partial charge in [0.2, 0.25) is 11.8 Å². The highest BCUT2D eigenvalue weighted by molar-refractivity contribution is 5.95. The first-order valence-electron chi connectivity index (χ1n) is 8.70. The molecule has 6 heteroatoms. The summed E-state index contributed by atoms with van der Waals surface area (Å²) in [7, 11) is 1.59. The Labute approximate surface area is 157 Å². The number of nitrogens with zero attached hydrogens (tertiary/aromatic N) is 1. The van der Waals surface area contributed by atoms with Crippen molar-refractivity contribution in [1.29, 1.82) is 0 Å². The van der Waals surface area contributed by atoms with Crippen molar-refractivity contribution in [1.82, 2.24) is 9.88 Å². The number of carbonyl (C=O) groups is 2. The van der Waals surface area contributed by atoms with Gasteiger partial charge in [0, 0.05) is 29.3 Å². The zero-order valence-corrected chi connectivity index (χ0v) is 15.6. The summed E-state index contributed by atoms with van der Waals surface area (Å²) in [6.07, 6.45) is 0.101. The summed E-state index contributed by atoms with van der Waals surface area (Å²) in [6, 6.07) is 11.9. The second-order valence-electron chi connectivity index (χ2n) is 6.76. The van der Waals surface area contributed by atoms with E-state index in [0.29, 0.717) is 11.1 Å². The van der Waals surface area contributed by atoms with Crippen molar-refractivity contribution in [3.05, 3.63) is 65.1 Å². The zero-order valence-electron chi connectivity index (χ0n) is 15.6. The van der Waals surface area contributed by atoms with Crippen LogP contribution in [0.2, 0.25) is 0 Å². The summed E-state index contributed by atoms with van der Waals surface area (Å²) in [6.45, 7) is 3.77. The molecule has 0 radical (unpaired) electrons. The normalized spacial score (nSPS) is 10.8. The molecule has 0 aliphatic carbocycles. The molecule has 0 saturated carbocycles. The van der Waals surface area contributed by atoms with Crippen LogP contribution in [-0.4, -0.2) is 35.3 Å². The van der Waals surface area contributed by atoms with Crippen LogP contribution < -0.4 is 5.32 Å². The Morgan fingerprint density at radius 3 is 2.52 bits per heavy atom. The average Bonchev–Trinajstić information content (AvgIpc) is 2.92. The van der Waals surface area contributed by atoms with Gasteiger partial charge < -0.3 is 15.2 Å². The summed E-state index contributed by atoms with van der Waals surface area (Å²) in [4.78, 5) is 29.3. The van der Waals surface area contributed by atoms with Gasteiger partial charge in [-0.1, -0.05) is 17.7 Å². The number of fused-ring (bicyclic) bond motifs is 1. The Morgan fingerprint density at radius 2 is 1.81 bits per heavy atom. The van der Waals surface area contributed by atoms with Gasteiger partial charge in [-0.05, 0) is 49.7 Å². The van der Waals surface area contributed by atoms with Gasteiger partial charge in [-0.3, -0.25) is 9.59 Å². The number of nitrogens with one attached hydrogen (secondary N) is 2. The lowest BCUT2D eigenvalue weighted by molar-refractivity contribution is -0.132. The van der Waals surface area contributed by atoms with E-state index >= 15 is 0 Å². The van der Waals surface area contributed by atoms with Crippen molar-refractivity contribution in [3.63, 3.8) is 0 Å². The molecule has 1 heterocycles. The van der Waals surface area contributed by atoms with E-state index in [-0.39, 0.29) is 30.6 Å².